The van der Waals surface area contributed by atoms with Crippen LogP contribution in [0.1, 0.15) is 21.5 Å². The van der Waals surface area contributed by atoms with Crippen LogP contribution in [-0.4, -0.2) is 25.1 Å². The Bertz CT molecular complexity index is 744. The summed E-state index contributed by atoms with van der Waals surface area (Å²) in [5.41, 5.74) is 8.09. The summed E-state index contributed by atoms with van der Waals surface area (Å²) in [6.45, 7) is 4.54. The average molecular weight is 327 g/mol. The zero-order valence-corrected chi connectivity index (χ0v) is 13.8. The van der Waals surface area contributed by atoms with Crippen LogP contribution < -0.4 is 21.1 Å². The molecule has 0 aliphatic carbocycles. The lowest BCUT2D eigenvalue weighted by atomic mass is 10.1. The number of carbonyl (C=O) groups is 2. The number of urea groups is 1. The minimum atomic E-state index is -0.537. The van der Waals surface area contributed by atoms with E-state index in [4.69, 9.17) is 10.5 Å². The third-order valence-electron chi connectivity index (χ3n) is 3.42. The number of primary amides is 1. The molecule has 2 aromatic rings. The minimum absolute atomic E-state index is 0.346. The second-order valence-corrected chi connectivity index (χ2v) is 5.44. The van der Waals surface area contributed by atoms with Crippen molar-refractivity contribution in [1.82, 2.24) is 5.32 Å². The first-order chi connectivity index (χ1) is 11.5. The summed E-state index contributed by atoms with van der Waals surface area (Å²) in [6, 6.07) is 12.2. The highest BCUT2D eigenvalue weighted by Crippen LogP contribution is 2.16. The van der Waals surface area contributed by atoms with Gasteiger partial charge in [0, 0.05) is 11.3 Å². The van der Waals surface area contributed by atoms with Crippen molar-refractivity contribution in [3.63, 3.8) is 0 Å². The Labute approximate surface area is 141 Å². The van der Waals surface area contributed by atoms with Gasteiger partial charge in [-0.2, -0.15) is 0 Å². The van der Waals surface area contributed by atoms with E-state index >= 15 is 0 Å². The summed E-state index contributed by atoms with van der Waals surface area (Å²) in [6.07, 6.45) is 0. The van der Waals surface area contributed by atoms with E-state index in [1.165, 1.54) is 0 Å². The van der Waals surface area contributed by atoms with Crippen molar-refractivity contribution in [3.05, 3.63) is 59.2 Å². The first kappa shape index (κ1) is 17.3. The lowest BCUT2D eigenvalue weighted by Crippen LogP contribution is -2.32. The number of rotatable bonds is 6. The lowest BCUT2D eigenvalue weighted by molar-refractivity contribution is 0.100. The van der Waals surface area contributed by atoms with Gasteiger partial charge in [0.05, 0.1) is 6.54 Å². The van der Waals surface area contributed by atoms with Gasteiger partial charge in [-0.05, 0) is 49.2 Å². The number of nitrogens with one attached hydrogen (secondary N) is 2. The quantitative estimate of drug-likeness (QED) is 0.712. The van der Waals surface area contributed by atoms with Crippen LogP contribution in [-0.2, 0) is 0 Å². The van der Waals surface area contributed by atoms with Crippen molar-refractivity contribution < 1.29 is 14.3 Å². The first-order valence-electron chi connectivity index (χ1n) is 7.60. The van der Waals surface area contributed by atoms with Gasteiger partial charge in [-0.25, -0.2) is 4.79 Å². The Morgan fingerprint density at radius 3 is 2.62 bits per heavy atom. The molecule has 2 rings (SSSR count). The Kier molecular flexibility index (Phi) is 5.78. The highest BCUT2D eigenvalue weighted by molar-refractivity contribution is 5.96. The van der Waals surface area contributed by atoms with Crippen molar-refractivity contribution in [3.8, 4) is 5.75 Å². The van der Waals surface area contributed by atoms with E-state index in [0.29, 0.717) is 24.4 Å². The van der Waals surface area contributed by atoms with Crippen LogP contribution >= 0.6 is 0 Å². The molecule has 2 aromatic carbocycles. The molecule has 0 aliphatic heterocycles. The maximum atomic E-state index is 11.9. The Balaban J connectivity index is 1.81. The standard InChI is InChI=1S/C18H21N3O3/c1-12-4-3-5-15(10-12)24-9-8-20-18(23)21-16-11-14(17(19)22)7-6-13(16)2/h3-7,10-11H,8-9H2,1-2H3,(H2,19,22)(H2,20,21,23). The van der Waals surface area contributed by atoms with E-state index in [0.717, 1.165) is 16.9 Å². The Morgan fingerprint density at radius 2 is 1.92 bits per heavy atom. The van der Waals surface area contributed by atoms with Gasteiger partial charge in [-0.3, -0.25) is 4.79 Å². The molecule has 0 fully saturated rings. The topological polar surface area (TPSA) is 93.4 Å². The number of ether oxygens (including phenoxy) is 1. The summed E-state index contributed by atoms with van der Waals surface area (Å²) in [4.78, 5) is 23.1. The fraction of sp³-hybridized carbons (Fsp3) is 0.222. The van der Waals surface area contributed by atoms with Gasteiger partial charge < -0.3 is 21.1 Å². The largest absolute Gasteiger partial charge is 0.492 e. The number of nitrogens with two attached hydrogens (primary N) is 1. The van der Waals surface area contributed by atoms with Crippen LogP contribution in [0.4, 0.5) is 10.5 Å². The Morgan fingerprint density at radius 1 is 1.12 bits per heavy atom. The van der Waals surface area contributed by atoms with Crippen molar-refractivity contribution in [2.75, 3.05) is 18.5 Å². The van der Waals surface area contributed by atoms with Gasteiger partial charge in [0.1, 0.15) is 12.4 Å². The highest BCUT2D eigenvalue weighted by atomic mass is 16.5. The van der Waals surface area contributed by atoms with Crippen LogP contribution in [0.15, 0.2) is 42.5 Å². The van der Waals surface area contributed by atoms with Gasteiger partial charge in [-0.15, -0.1) is 0 Å². The molecule has 0 unspecified atom stereocenters. The van der Waals surface area contributed by atoms with Crippen LogP contribution in [0.25, 0.3) is 0 Å². The van der Waals surface area contributed by atoms with Crippen molar-refractivity contribution >= 4 is 17.6 Å². The molecule has 3 amide bonds. The van der Waals surface area contributed by atoms with Gasteiger partial charge in [0.25, 0.3) is 0 Å². The summed E-state index contributed by atoms with van der Waals surface area (Å²) >= 11 is 0. The molecule has 6 nitrogen and oxygen atoms in total. The number of carbonyl (C=O) groups excluding carboxylic acids is 2. The van der Waals surface area contributed by atoms with E-state index < -0.39 is 5.91 Å². The minimum Gasteiger partial charge on any atom is -0.492 e. The van der Waals surface area contributed by atoms with Crippen LogP contribution in [0.5, 0.6) is 5.75 Å². The van der Waals surface area contributed by atoms with Crippen molar-refractivity contribution in [1.29, 1.82) is 0 Å². The molecule has 0 saturated heterocycles. The van der Waals surface area contributed by atoms with Crippen molar-refractivity contribution in [2.24, 2.45) is 5.73 Å². The highest BCUT2D eigenvalue weighted by Gasteiger charge is 2.07. The number of benzene rings is 2. The summed E-state index contributed by atoms with van der Waals surface area (Å²) in [5, 5.41) is 5.40. The fourth-order valence-electron chi connectivity index (χ4n) is 2.12. The molecule has 6 heteroatoms. The molecule has 0 atom stereocenters. The molecule has 0 radical (unpaired) electrons. The molecule has 126 valence electrons. The third kappa shape index (κ3) is 5.01. The zero-order chi connectivity index (χ0) is 17.5. The van der Waals surface area contributed by atoms with E-state index in [9.17, 15) is 9.59 Å². The predicted molar refractivity (Wildman–Crippen MR) is 93.4 cm³/mol. The normalized spacial score (nSPS) is 10.1. The molecular weight excluding hydrogens is 306 g/mol. The fourth-order valence-corrected chi connectivity index (χ4v) is 2.12. The molecule has 0 aromatic heterocycles. The molecule has 0 aliphatic rings. The molecule has 24 heavy (non-hydrogen) atoms. The summed E-state index contributed by atoms with van der Waals surface area (Å²) in [5.74, 6) is 0.229. The molecule has 0 heterocycles. The Hall–Kier alpha value is -3.02. The second-order valence-electron chi connectivity index (χ2n) is 5.44. The number of hydrogen-bond acceptors (Lipinski definition) is 3. The SMILES string of the molecule is Cc1cccc(OCCNC(=O)Nc2cc(C(N)=O)ccc2C)c1. The number of aryl methyl sites for hydroxylation is 2. The zero-order valence-electron chi connectivity index (χ0n) is 13.8. The molecule has 4 N–H and O–H groups in total. The van der Waals surface area contributed by atoms with Crippen molar-refractivity contribution in [2.45, 2.75) is 13.8 Å². The van der Waals surface area contributed by atoms with Gasteiger partial charge in [0.15, 0.2) is 0 Å². The molecule has 0 bridgehead atoms. The van der Waals surface area contributed by atoms with Gasteiger partial charge >= 0.3 is 6.03 Å². The maximum Gasteiger partial charge on any atom is 0.319 e. The number of hydrogen-bond donors (Lipinski definition) is 3. The summed E-state index contributed by atoms with van der Waals surface area (Å²) < 4.78 is 5.56. The lowest BCUT2D eigenvalue weighted by Gasteiger charge is -2.11. The van der Waals surface area contributed by atoms with E-state index in [1.54, 1.807) is 18.2 Å². The van der Waals surface area contributed by atoms with Crippen LogP contribution in [0.3, 0.4) is 0 Å². The second kappa shape index (κ2) is 8.01. The third-order valence-corrected chi connectivity index (χ3v) is 3.42. The summed E-state index contributed by atoms with van der Waals surface area (Å²) in [7, 11) is 0. The maximum absolute atomic E-state index is 11.9. The monoisotopic (exact) mass is 327 g/mol. The van der Waals surface area contributed by atoms with Gasteiger partial charge in [0.2, 0.25) is 5.91 Å². The van der Waals surface area contributed by atoms with E-state index in [-0.39, 0.29) is 6.03 Å². The van der Waals surface area contributed by atoms with Gasteiger partial charge in [-0.1, -0.05) is 18.2 Å². The predicted octanol–water partition coefficient (Wildman–Crippen LogP) is 2.60. The molecule has 0 saturated carbocycles. The molecular formula is C18H21N3O3. The van der Waals surface area contributed by atoms with E-state index in [2.05, 4.69) is 10.6 Å². The molecule has 0 spiro atoms. The van der Waals surface area contributed by atoms with Crippen LogP contribution in [0.2, 0.25) is 0 Å². The number of amides is 3. The first-order valence-corrected chi connectivity index (χ1v) is 7.60. The van der Waals surface area contributed by atoms with E-state index in [1.807, 2.05) is 38.1 Å². The smallest absolute Gasteiger partial charge is 0.319 e. The average Bonchev–Trinajstić information content (AvgIpc) is 2.53. The number of anilines is 1. The van der Waals surface area contributed by atoms with Crippen LogP contribution in [0, 0.1) is 13.8 Å².